The van der Waals surface area contributed by atoms with Gasteiger partial charge in [-0.3, -0.25) is 9.59 Å². The van der Waals surface area contributed by atoms with Gasteiger partial charge >= 0.3 is 0 Å². The van der Waals surface area contributed by atoms with Crippen LogP contribution in [0.5, 0.6) is 0 Å². The highest BCUT2D eigenvalue weighted by Gasteiger charge is 2.16. The molecule has 0 spiro atoms. The van der Waals surface area contributed by atoms with Gasteiger partial charge in [0, 0.05) is 16.9 Å². The van der Waals surface area contributed by atoms with Gasteiger partial charge in [0.1, 0.15) is 5.76 Å². The molecule has 0 bridgehead atoms. The smallest absolute Gasteiger partial charge is 0.265 e. The molecule has 2 heterocycles. The van der Waals surface area contributed by atoms with Gasteiger partial charge < -0.3 is 15.1 Å². The molecule has 0 atom stereocenters. The molecule has 0 aliphatic carbocycles. The van der Waals surface area contributed by atoms with Crippen LogP contribution in [0.2, 0.25) is 0 Å². The van der Waals surface area contributed by atoms with Crippen LogP contribution >= 0.6 is 11.3 Å². The molecule has 33 heavy (non-hydrogen) atoms. The second kappa shape index (κ2) is 9.82. The first-order valence-corrected chi connectivity index (χ1v) is 12.2. The Morgan fingerprint density at radius 1 is 0.848 bits per heavy atom. The van der Waals surface area contributed by atoms with Crippen molar-refractivity contribution in [3.8, 4) is 0 Å². The Labute approximate surface area is 194 Å². The number of carbonyl (C=O) groups excluding carboxylic acids is 2. The molecule has 0 aliphatic heterocycles. The average molecular weight is 482 g/mol. The highest BCUT2D eigenvalue weighted by Crippen LogP contribution is 2.18. The monoisotopic (exact) mass is 481 g/mol. The highest BCUT2D eigenvalue weighted by atomic mass is 32.2. The van der Waals surface area contributed by atoms with Crippen LogP contribution in [0.25, 0.3) is 0 Å². The van der Waals surface area contributed by atoms with Crippen LogP contribution in [-0.2, 0) is 16.6 Å². The van der Waals surface area contributed by atoms with Crippen molar-refractivity contribution in [3.63, 3.8) is 0 Å². The van der Waals surface area contributed by atoms with Crippen LogP contribution in [0.4, 0.5) is 11.4 Å². The maximum absolute atomic E-state index is 12.6. The molecule has 0 aliphatic rings. The van der Waals surface area contributed by atoms with Crippen LogP contribution in [0.15, 0.2) is 93.8 Å². The lowest BCUT2D eigenvalue weighted by molar-refractivity contribution is 0.102. The minimum absolute atomic E-state index is 0.0125. The van der Waals surface area contributed by atoms with E-state index in [1.807, 2.05) is 5.38 Å². The molecule has 2 amide bonds. The fourth-order valence-corrected chi connectivity index (χ4v) is 4.57. The number of sulfonamides is 1. The lowest BCUT2D eigenvalue weighted by Crippen LogP contribution is -2.23. The third kappa shape index (κ3) is 5.75. The van der Waals surface area contributed by atoms with Crippen molar-refractivity contribution in [1.82, 2.24) is 4.72 Å². The van der Waals surface area contributed by atoms with Crippen molar-refractivity contribution < 1.29 is 22.4 Å². The van der Waals surface area contributed by atoms with Gasteiger partial charge in [-0.2, -0.15) is 0 Å². The van der Waals surface area contributed by atoms with Gasteiger partial charge in [-0.25, -0.2) is 13.1 Å². The van der Waals surface area contributed by atoms with E-state index in [-0.39, 0.29) is 17.3 Å². The van der Waals surface area contributed by atoms with Crippen LogP contribution in [-0.4, -0.2) is 20.2 Å². The first kappa shape index (κ1) is 22.5. The van der Waals surface area contributed by atoms with Gasteiger partial charge in [0.05, 0.1) is 22.6 Å². The van der Waals surface area contributed by atoms with Crippen molar-refractivity contribution in [2.75, 3.05) is 10.6 Å². The first-order chi connectivity index (χ1) is 15.9. The minimum Gasteiger partial charge on any atom is -0.468 e. The first-order valence-electron chi connectivity index (χ1n) is 9.79. The largest absolute Gasteiger partial charge is 0.468 e. The van der Waals surface area contributed by atoms with Gasteiger partial charge in [0.2, 0.25) is 10.0 Å². The standard InChI is InChI=1S/C23H19N3O5S2/c27-22(16-8-10-17(11-9-16)25-23(28)21-7-3-13-32-21)26-18-4-1-6-20(14-18)33(29,30)24-15-19-5-2-12-31-19/h1-14,24H,15H2,(H,25,28)(H,26,27). The Kier molecular flexibility index (Phi) is 6.68. The van der Waals surface area contributed by atoms with Crippen molar-refractivity contribution in [2.24, 2.45) is 0 Å². The molecule has 2 aromatic carbocycles. The lowest BCUT2D eigenvalue weighted by Gasteiger charge is -2.10. The van der Waals surface area contributed by atoms with Gasteiger partial charge in [-0.15, -0.1) is 11.3 Å². The number of carbonyl (C=O) groups is 2. The zero-order valence-corrected chi connectivity index (χ0v) is 18.8. The van der Waals surface area contributed by atoms with E-state index >= 15 is 0 Å². The summed E-state index contributed by atoms with van der Waals surface area (Å²) >= 11 is 1.34. The zero-order chi connectivity index (χ0) is 23.3. The SMILES string of the molecule is O=C(Nc1cccc(S(=O)(=O)NCc2ccco2)c1)c1ccc(NC(=O)c2cccs2)cc1. The Morgan fingerprint density at radius 3 is 2.33 bits per heavy atom. The Balaban J connectivity index is 1.39. The Bertz CT molecular complexity index is 1350. The number of thiophene rings is 1. The summed E-state index contributed by atoms with van der Waals surface area (Å²) in [6.45, 7) is 0.0152. The average Bonchev–Trinajstić information content (AvgIpc) is 3.53. The fourth-order valence-electron chi connectivity index (χ4n) is 2.91. The number of benzene rings is 2. The van der Waals surface area contributed by atoms with Gasteiger partial charge in [0.15, 0.2) is 0 Å². The Hall–Kier alpha value is -3.73. The molecule has 0 saturated heterocycles. The molecular formula is C23H19N3O5S2. The molecule has 4 rings (SSSR count). The maximum Gasteiger partial charge on any atom is 0.265 e. The number of rotatable bonds is 8. The molecule has 0 radical (unpaired) electrons. The van der Waals surface area contributed by atoms with Crippen LogP contribution in [0.1, 0.15) is 25.8 Å². The van der Waals surface area contributed by atoms with Crippen molar-refractivity contribution in [1.29, 1.82) is 0 Å². The number of furan rings is 1. The predicted molar refractivity (Wildman–Crippen MR) is 126 cm³/mol. The summed E-state index contributed by atoms with van der Waals surface area (Å²) in [5.41, 5.74) is 1.24. The third-order valence-electron chi connectivity index (χ3n) is 4.57. The molecule has 10 heteroatoms. The molecule has 0 saturated carbocycles. The molecular weight excluding hydrogens is 462 g/mol. The predicted octanol–water partition coefficient (Wildman–Crippen LogP) is 4.32. The summed E-state index contributed by atoms with van der Waals surface area (Å²) in [7, 11) is -3.80. The lowest BCUT2D eigenvalue weighted by atomic mass is 10.2. The zero-order valence-electron chi connectivity index (χ0n) is 17.1. The fraction of sp³-hybridized carbons (Fsp3) is 0.0435. The van der Waals surface area contributed by atoms with Crippen LogP contribution in [0.3, 0.4) is 0 Å². The molecule has 4 aromatic rings. The van der Waals surface area contributed by atoms with Crippen LogP contribution in [0, 0.1) is 0 Å². The van der Waals surface area contributed by atoms with Crippen molar-refractivity contribution in [2.45, 2.75) is 11.4 Å². The summed E-state index contributed by atoms with van der Waals surface area (Å²) in [6.07, 6.45) is 1.46. The minimum atomic E-state index is -3.80. The van der Waals surface area contributed by atoms with E-state index in [4.69, 9.17) is 4.42 Å². The molecule has 0 fully saturated rings. The van der Waals surface area contributed by atoms with Gasteiger partial charge in [0.25, 0.3) is 11.8 Å². The number of anilines is 2. The van der Waals surface area contributed by atoms with E-state index in [9.17, 15) is 18.0 Å². The van der Waals surface area contributed by atoms with Crippen LogP contribution < -0.4 is 15.4 Å². The van der Waals surface area contributed by atoms with E-state index in [0.29, 0.717) is 27.6 Å². The maximum atomic E-state index is 12.6. The number of nitrogens with one attached hydrogen (secondary N) is 3. The van der Waals surface area contributed by atoms with E-state index in [1.54, 1.807) is 60.7 Å². The second-order valence-electron chi connectivity index (χ2n) is 6.89. The summed E-state index contributed by atoms with van der Waals surface area (Å²) in [5, 5.41) is 7.27. The quantitative estimate of drug-likeness (QED) is 0.346. The summed E-state index contributed by atoms with van der Waals surface area (Å²) in [5.74, 6) is -0.150. The second-order valence-corrected chi connectivity index (χ2v) is 9.61. The van der Waals surface area contributed by atoms with Gasteiger partial charge in [-0.1, -0.05) is 12.1 Å². The Morgan fingerprint density at radius 2 is 1.64 bits per heavy atom. The number of hydrogen-bond acceptors (Lipinski definition) is 6. The van der Waals surface area contributed by atoms with E-state index in [2.05, 4.69) is 15.4 Å². The third-order valence-corrected chi connectivity index (χ3v) is 6.84. The summed E-state index contributed by atoms with van der Waals surface area (Å²) < 4.78 is 32.7. The molecule has 168 valence electrons. The summed E-state index contributed by atoms with van der Waals surface area (Å²) in [4.78, 5) is 25.3. The van der Waals surface area contributed by atoms with Gasteiger partial charge in [-0.05, 0) is 66.0 Å². The molecule has 0 unspecified atom stereocenters. The van der Waals surface area contributed by atoms with Crippen molar-refractivity contribution >= 4 is 44.5 Å². The number of hydrogen-bond donors (Lipinski definition) is 3. The highest BCUT2D eigenvalue weighted by molar-refractivity contribution is 7.89. The molecule has 2 aromatic heterocycles. The van der Waals surface area contributed by atoms with E-state index < -0.39 is 15.9 Å². The van der Waals surface area contributed by atoms with Crippen molar-refractivity contribution in [3.05, 3.63) is 101 Å². The molecule has 3 N–H and O–H groups in total. The van der Waals surface area contributed by atoms with E-state index in [0.717, 1.165) is 0 Å². The summed E-state index contributed by atoms with van der Waals surface area (Å²) in [6, 6.07) is 19.2. The topological polar surface area (TPSA) is 118 Å². The number of amides is 2. The van der Waals surface area contributed by atoms with E-state index in [1.165, 1.54) is 29.7 Å². The molecule has 8 nitrogen and oxygen atoms in total. The normalized spacial score (nSPS) is 11.2.